The van der Waals surface area contributed by atoms with E-state index in [9.17, 15) is 9.59 Å². The first kappa shape index (κ1) is 12.7. The first-order valence-corrected chi connectivity index (χ1v) is 5.43. The topological polar surface area (TPSA) is 86.6 Å². The van der Waals surface area contributed by atoms with Gasteiger partial charge in [-0.2, -0.15) is 0 Å². The maximum Gasteiger partial charge on any atom is 0.307 e. The van der Waals surface area contributed by atoms with Gasteiger partial charge in [0, 0.05) is 13.2 Å². The van der Waals surface area contributed by atoms with Gasteiger partial charge in [0.05, 0.1) is 11.8 Å². The van der Waals surface area contributed by atoms with Crippen LogP contribution < -0.4 is 5.32 Å². The van der Waals surface area contributed by atoms with Gasteiger partial charge in [-0.05, 0) is 19.3 Å². The summed E-state index contributed by atoms with van der Waals surface area (Å²) >= 11 is 0. The number of aliphatic hydroxyl groups excluding tert-OH is 1. The molecule has 0 fully saturated rings. The van der Waals surface area contributed by atoms with Gasteiger partial charge in [-0.25, -0.2) is 0 Å². The summed E-state index contributed by atoms with van der Waals surface area (Å²) in [6.07, 6.45) is 5.02. The van der Waals surface area contributed by atoms with Crippen molar-refractivity contribution in [2.45, 2.75) is 19.3 Å². The highest BCUT2D eigenvalue weighted by Gasteiger charge is 2.33. The van der Waals surface area contributed by atoms with Crippen molar-refractivity contribution in [3.63, 3.8) is 0 Å². The number of hydrogen-bond donors (Lipinski definition) is 3. The highest BCUT2D eigenvalue weighted by Crippen LogP contribution is 2.25. The van der Waals surface area contributed by atoms with E-state index in [2.05, 4.69) is 5.32 Å². The summed E-state index contributed by atoms with van der Waals surface area (Å²) in [4.78, 5) is 22.6. The molecule has 0 bridgehead atoms. The molecule has 1 aliphatic carbocycles. The quantitative estimate of drug-likeness (QED) is 0.461. The van der Waals surface area contributed by atoms with Crippen LogP contribution in [0.25, 0.3) is 0 Å². The van der Waals surface area contributed by atoms with Gasteiger partial charge < -0.3 is 15.5 Å². The second-order valence-electron chi connectivity index (χ2n) is 3.86. The molecule has 0 aromatic rings. The van der Waals surface area contributed by atoms with Crippen LogP contribution >= 0.6 is 0 Å². The van der Waals surface area contributed by atoms with Crippen molar-refractivity contribution in [2.75, 3.05) is 13.2 Å². The maximum absolute atomic E-state index is 11.7. The molecule has 0 aromatic heterocycles. The molecular formula is C11H17NO4. The summed E-state index contributed by atoms with van der Waals surface area (Å²) < 4.78 is 0. The van der Waals surface area contributed by atoms with Gasteiger partial charge in [-0.15, -0.1) is 0 Å². The van der Waals surface area contributed by atoms with Crippen molar-refractivity contribution >= 4 is 11.9 Å². The van der Waals surface area contributed by atoms with E-state index in [1.165, 1.54) is 0 Å². The minimum atomic E-state index is -0.924. The zero-order valence-corrected chi connectivity index (χ0v) is 9.06. The molecule has 5 nitrogen and oxygen atoms in total. The number of carboxylic acids is 1. The molecule has 0 saturated heterocycles. The van der Waals surface area contributed by atoms with E-state index in [0.29, 0.717) is 25.8 Å². The molecule has 0 radical (unpaired) electrons. The number of hydrogen-bond acceptors (Lipinski definition) is 3. The van der Waals surface area contributed by atoms with Crippen LogP contribution in [0.1, 0.15) is 19.3 Å². The van der Waals surface area contributed by atoms with Crippen molar-refractivity contribution in [3.05, 3.63) is 12.2 Å². The molecule has 0 saturated carbocycles. The monoisotopic (exact) mass is 227 g/mol. The third kappa shape index (κ3) is 3.34. The molecule has 1 aliphatic rings. The molecule has 1 amide bonds. The Morgan fingerprint density at radius 2 is 1.88 bits per heavy atom. The fourth-order valence-electron chi connectivity index (χ4n) is 1.80. The number of aliphatic carboxylic acids is 1. The van der Waals surface area contributed by atoms with Crippen LogP contribution in [0.15, 0.2) is 12.2 Å². The molecule has 90 valence electrons. The van der Waals surface area contributed by atoms with Crippen LogP contribution in [0.4, 0.5) is 0 Å². The second kappa shape index (κ2) is 6.27. The molecule has 0 aliphatic heterocycles. The summed E-state index contributed by atoms with van der Waals surface area (Å²) in [5.41, 5.74) is 0. The van der Waals surface area contributed by atoms with Crippen molar-refractivity contribution in [2.24, 2.45) is 11.8 Å². The highest BCUT2D eigenvalue weighted by molar-refractivity contribution is 5.85. The fraction of sp³-hybridized carbons (Fsp3) is 0.636. The Hall–Kier alpha value is -1.36. The molecule has 2 unspecified atom stereocenters. The smallest absolute Gasteiger partial charge is 0.307 e. The lowest BCUT2D eigenvalue weighted by Crippen LogP contribution is -2.39. The molecule has 0 spiro atoms. The van der Waals surface area contributed by atoms with Gasteiger partial charge in [0.25, 0.3) is 0 Å². The number of nitrogens with one attached hydrogen (secondary N) is 1. The molecule has 16 heavy (non-hydrogen) atoms. The molecule has 0 aromatic carbocycles. The first-order chi connectivity index (χ1) is 7.66. The molecule has 3 N–H and O–H groups in total. The normalized spacial score (nSPS) is 24.1. The lowest BCUT2D eigenvalue weighted by molar-refractivity contribution is -0.147. The Bertz CT molecular complexity index is 288. The van der Waals surface area contributed by atoms with E-state index in [0.717, 1.165) is 0 Å². The van der Waals surface area contributed by atoms with Crippen LogP contribution in [0.3, 0.4) is 0 Å². The predicted molar refractivity (Wildman–Crippen MR) is 57.7 cm³/mol. The molecule has 1 rings (SSSR count). The number of rotatable bonds is 5. The number of allylic oxidation sites excluding steroid dienone is 2. The zero-order chi connectivity index (χ0) is 12.0. The molecule has 5 heteroatoms. The van der Waals surface area contributed by atoms with Gasteiger partial charge in [-0.3, -0.25) is 9.59 Å². The summed E-state index contributed by atoms with van der Waals surface area (Å²) in [6, 6.07) is 0. The largest absolute Gasteiger partial charge is 0.481 e. The van der Waals surface area contributed by atoms with Crippen molar-refractivity contribution in [1.82, 2.24) is 5.32 Å². The van der Waals surface area contributed by atoms with Crippen LogP contribution in [0, 0.1) is 11.8 Å². The molecular weight excluding hydrogens is 210 g/mol. The number of carbonyl (C=O) groups excluding carboxylic acids is 1. The standard InChI is InChI=1S/C11H17NO4/c13-7-3-6-12-10(14)8-4-1-2-5-9(8)11(15)16/h1-2,8-9,13H,3-7H2,(H,12,14)(H,15,16). The average molecular weight is 227 g/mol. The van der Waals surface area contributed by atoms with E-state index in [-0.39, 0.29) is 12.5 Å². The first-order valence-electron chi connectivity index (χ1n) is 5.43. The number of amides is 1. The third-order valence-electron chi connectivity index (χ3n) is 2.72. The molecule has 2 atom stereocenters. The second-order valence-corrected chi connectivity index (χ2v) is 3.86. The highest BCUT2D eigenvalue weighted by atomic mass is 16.4. The van der Waals surface area contributed by atoms with Crippen LogP contribution in [-0.4, -0.2) is 35.2 Å². The van der Waals surface area contributed by atoms with E-state index >= 15 is 0 Å². The third-order valence-corrected chi connectivity index (χ3v) is 2.72. The summed E-state index contributed by atoms with van der Waals surface area (Å²) in [5.74, 6) is -2.27. The minimum Gasteiger partial charge on any atom is -0.481 e. The van der Waals surface area contributed by atoms with Crippen molar-refractivity contribution in [3.8, 4) is 0 Å². The maximum atomic E-state index is 11.7. The lowest BCUT2D eigenvalue weighted by Gasteiger charge is -2.24. The Kier molecular flexibility index (Phi) is 4.98. The van der Waals surface area contributed by atoms with E-state index < -0.39 is 17.8 Å². The lowest BCUT2D eigenvalue weighted by atomic mass is 9.82. The number of carbonyl (C=O) groups is 2. The van der Waals surface area contributed by atoms with E-state index in [1.807, 2.05) is 6.08 Å². The van der Waals surface area contributed by atoms with Crippen LogP contribution in [0.5, 0.6) is 0 Å². The Morgan fingerprint density at radius 3 is 2.44 bits per heavy atom. The molecule has 0 heterocycles. The van der Waals surface area contributed by atoms with Crippen LogP contribution in [-0.2, 0) is 9.59 Å². The Balaban J connectivity index is 2.52. The fourth-order valence-corrected chi connectivity index (χ4v) is 1.80. The SMILES string of the molecule is O=C(O)C1CC=CCC1C(=O)NCCCO. The van der Waals surface area contributed by atoms with Gasteiger partial charge in [0.2, 0.25) is 5.91 Å². The summed E-state index contributed by atoms with van der Waals surface area (Å²) in [6.45, 7) is 0.412. The number of aliphatic hydroxyl groups is 1. The van der Waals surface area contributed by atoms with Gasteiger partial charge >= 0.3 is 5.97 Å². The van der Waals surface area contributed by atoms with Crippen LogP contribution in [0.2, 0.25) is 0 Å². The Morgan fingerprint density at radius 1 is 1.25 bits per heavy atom. The Labute approximate surface area is 94.2 Å². The van der Waals surface area contributed by atoms with Crippen molar-refractivity contribution < 1.29 is 19.8 Å². The summed E-state index contributed by atoms with van der Waals surface area (Å²) in [7, 11) is 0. The predicted octanol–water partition coefficient (Wildman–Crippen LogP) is 0.152. The van der Waals surface area contributed by atoms with E-state index in [1.54, 1.807) is 6.08 Å². The van der Waals surface area contributed by atoms with Gasteiger partial charge in [-0.1, -0.05) is 12.2 Å². The van der Waals surface area contributed by atoms with E-state index in [4.69, 9.17) is 10.2 Å². The van der Waals surface area contributed by atoms with Crippen molar-refractivity contribution in [1.29, 1.82) is 0 Å². The number of carboxylic acid groups (broad SMARTS) is 1. The zero-order valence-electron chi connectivity index (χ0n) is 9.06. The average Bonchev–Trinajstić information content (AvgIpc) is 2.29. The summed E-state index contributed by atoms with van der Waals surface area (Å²) in [5, 5.41) is 20.2. The minimum absolute atomic E-state index is 0.0210. The van der Waals surface area contributed by atoms with Gasteiger partial charge in [0.15, 0.2) is 0 Å². The van der Waals surface area contributed by atoms with Gasteiger partial charge in [0.1, 0.15) is 0 Å².